The first-order valence-electron chi connectivity index (χ1n) is 6.10. The molecule has 0 fully saturated rings. The molecule has 94 valence electrons. The third-order valence-electron chi connectivity index (χ3n) is 2.88. The van der Waals surface area contributed by atoms with E-state index in [0.29, 0.717) is 5.02 Å². The fourth-order valence-electron chi connectivity index (χ4n) is 1.78. The summed E-state index contributed by atoms with van der Waals surface area (Å²) in [5.41, 5.74) is 1.04. The zero-order valence-corrected chi connectivity index (χ0v) is 11.4. The van der Waals surface area contributed by atoms with E-state index in [2.05, 4.69) is 12.2 Å². The Morgan fingerprint density at radius 3 is 2.71 bits per heavy atom. The number of hydrogen-bond acceptors (Lipinski definition) is 1. The van der Waals surface area contributed by atoms with Crippen LogP contribution in [0.25, 0.3) is 0 Å². The number of amides is 1. The summed E-state index contributed by atoms with van der Waals surface area (Å²) < 4.78 is 0. The van der Waals surface area contributed by atoms with Crippen LogP contribution in [0.1, 0.15) is 45.2 Å². The molecule has 0 aliphatic carbocycles. The maximum Gasteiger partial charge on any atom is 0.223 e. The molecule has 0 aliphatic rings. The van der Waals surface area contributed by atoms with Gasteiger partial charge in [-0.25, -0.2) is 0 Å². The van der Waals surface area contributed by atoms with E-state index in [1.807, 2.05) is 38.1 Å². The second-order valence-corrected chi connectivity index (χ2v) is 4.91. The van der Waals surface area contributed by atoms with Gasteiger partial charge in [-0.2, -0.15) is 0 Å². The van der Waals surface area contributed by atoms with Gasteiger partial charge in [0, 0.05) is 10.9 Å². The van der Waals surface area contributed by atoms with Crippen molar-refractivity contribution < 1.29 is 4.79 Å². The lowest BCUT2D eigenvalue weighted by molar-refractivity contribution is -0.125. The molecule has 0 bridgehead atoms. The molecule has 0 aliphatic heterocycles. The van der Waals surface area contributed by atoms with E-state index in [1.54, 1.807) is 0 Å². The Hall–Kier alpha value is -1.02. The van der Waals surface area contributed by atoms with Crippen molar-refractivity contribution >= 4 is 17.5 Å². The van der Waals surface area contributed by atoms with Gasteiger partial charge in [0.25, 0.3) is 0 Å². The summed E-state index contributed by atoms with van der Waals surface area (Å²) in [5, 5.41) is 3.71. The van der Waals surface area contributed by atoms with E-state index in [-0.39, 0.29) is 17.9 Å². The van der Waals surface area contributed by atoms with Crippen LogP contribution in [0.15, 0.2) is 24.3 Å². The van der Waals surface area contributed by atoms with Crippen molar-refractivity contribution in [3.63, 3.8) is 0 Å². The fourth-order valence-corrected chi connectivity index (χ4v) is 1.98. The fraction of sp³-hybridized carbons (Fsp3) is 0.500. The molecule has 1 aromatic carbocycles. The molecule has 0 aromatic heterocycles. The van der Waals surface area contributed by atoms with Gasteiger partial charge in [0.15, 0.2) is 0 Å². The van der Waals surface area contributed by atoms with Gasteiger partial charge < -0.3 is 5.32 Å². The third kappa shape index (κ3) is 4.39. The van der Waals surface area contributed by atoms with Gasteiger partial charge in [-0.15, -0.1) is 0 Å². The lowest BCUT2D eigenvalue weighted by Crippen LogP contribution is -2.31. The second-order valence-electron chi connectivity index (χ2n) is 4.48. The molecule has 17 heavy (non-hydrogen) atoms. The van der Waals surface area contributed by atoms with Crippen LogP contribution in [-0.4, -0.2) is 5.91 Å². The molecule has 1 rings (SSSR count). The first kappa shape index (κ1) is 14.0. The number of carbonyl (C=O) groups is 1. The lowest BCUT2D eigenvalue weighted by atomic mass is 10.0. The molecule has 3 heteroatoms. The molecule has 1 aromatic rings. The summed E-state index contributed by atoms with van der Waals surface area (Å²) in [7, 11) is 0. The minimum atomic E-state index is 0.000469. The SMILES string of the molecule is CCCC(C)C(=O)NC(C)c1cccc(Cl)c1. The second kappa shape index (κ2) is 6.65. The van der Waals surface area contributed by atoms with Crippen LogP contribution in [0.5, 0.6) is 0 Å². The molecule has 0 saturated heterocycles. The predicted octanol–water partition coefficient (Wildman–Crippen LogP) is 3.95. The van der Waals surface area contributed by atoms with Crippen LogP contribution in [0.3, 0.4) is 0 Å². The molecule has 0 heterocycles. The minimum absolute atomic E-state index is 0.000469. The minimum Gasteiger partial charge on any atom is -0.349 e. The van der Waals surface area contributed by atoms with Gasteiger partial charge in [-0.3, -0.25) is 4.79 Å². The van der Waals surface area contributed by atoms with Crippen molar-refractivity contribution in [3.05, 3.63) is 34.9 Å². The normalized spacial score (nSPS) is 14.1. The van der Waals surface area contributed by atoms with Gasteiger partial charge in [0.2, 0.25) is 5.91 Å². The maximum atomic E-state index is 11.9. The first-order chi connectivity index (χ1) is 8.04. The van der Waals surface area contributed by atoms with Crippen LogP contribution in [0, 0.1) is 5.92 Å². The number of hydrogen-bond donors (Lipinski definition) is 1. The Morgan fingerprint density at radius 1 is 1.41 bits per heavy atom. The number of nitrogens with one attached hydrogen (secondary N) is 1. The monoisotopic (exact) mass is 253 g/mol. The summed E-state index contributed by atoms with van der Waals surface area (Å²) in [6, 6.07) is 7.59. The van der Waals surface area contributed by atoms with E-state index >= 15 is 0 Å². The van der Waals surface area contributed by atoms with Crippen molar-refractivity contribution in [2.75, 3.05) is 0 Å². The van der Waals surface area contributed by atoms with Crippen LogP contribution < -0.4 is 5.32 Å². The lowest BCUT2D eigenvalue weighted by Gasteiger charge is -2.17. The van der Waals surface area contributed by atoms with Crippen molar-refractivity contribution in [1.82, 2.24) is 5.32 Å². The Morgan fingerprint density at radius 2 is 2.12 bits per heavy atom. The molecule has 0 saturated carbocycles. The van der Waals surface area contributed by atoms with Crippen LogP contribution in [-0.2, 0) is 4.79 Å². The largest absolute Gasteiger partial charge is 0.349 e. The Balaban J connectivity index is 2.60. The number of benzene rings is 1. The van der Waals surface area contributed by atoms with E-state index < -0.39 is 0 Å². The highest BCUT2D eigenvalue weighted by molar-refractivity contribution is 6.30. The van der Waals surface area contributed by atoms with Crippen LogP contribution >= 0.6 is 11.6 Å². The molecular weight excluding hydrogens is 234 g/mol. The number of halogens is 1. The highest BCUT2D eigenvalue weighted by Crippen LogP contribution is 2.18. The summed E-state index contributed by atoms with van der Waals surface area (Å²) in [6.45, 7) is 6.02. The van der Waals surface area contributed by atoms with Gasteiger partial charge in [0.1, 0.15) is 0 Å². The molecule has 2 unspecified atom stereocenters. The predicted molar refractivity (Wildman–Crippen MR) is 72.1 cm³/mol. The maximum absolute atomic E-state index is 11.9. The average molecular weight is 254 g/mol. The standard InChI is InChI=1S/C14H20ClNO/c1-4-6-10(2)14(17)16-11(3)12-7-5-8-13(15)9-12/h5,7-11H,4,6H2,1-3H3,(H,16,17). The zero-order chi connectivity index (χ0) is 12.8. The quantitative estimate of drug-likeness (QED) is 0.846. The summed E-state index contributed by atoms with van der Waals surface area (Å²) in [6.07, 6.45) is 1.95. The van der Waals surface area contributed by atoms with Gasteiger partial charge in [-0.1, -0.05) is 44.0 Å². The summed E-state index contributed by atoms with van der Waals surface area (Å²) in [5.74, 6) is 0.181. The Labute approximate surface area is 108 Å². The Kier molecular flexibility index (Phi) is 5.49. The zero-order valence-electron chi connectivity index (χ0n) is 10.7. The van der Waals surface area contributed by atoms with Crippen LogP contribution in [0.2, 0.25) is 5.02 Å². The van der Waals surface area contributed by atoms with Crippen molar-refractivity contribution in [2.24, 2.45) is 5.92 Å². The topological polar surface area (TPSA) is 29.1 Å². The number of rotatable bonds is 5. The van der Waals surface area contributed by atoms with E-state index in [4.69, 9.17) is 11.6 Å². The van der Waals surface area contributed by atoms with Gasteiger partial charge in [-0.05, 0) is 31.0 Å². The van der Waals surface area contributed by atoms with Crippen LogP contribution in [0.4, 0.5) is 0 Å². The number of carbonyl (C=O) groups excluding carboxylic acids is 1. The molecule has 0 radical (unpaired) electrons. The van der Waals surface area contributed by atoms with Crippen molar-refractivity contribution in [1.29, 1.82) is 0 Å². The molecule has 1 amide bonds. The smallest absolute Gasteiger partial charge is 0.223 e. The van der Waals surface area contributed by atoms with Gasteiger partial charge in [0.05, 0.1) is 6.04 Å². The highest BCUT2D eigenvalue weighted by atomic mass is 35.5. The average Bonchev–Trinajstić information content (AvgIpc) is 2.29. The highest BCUT2D eigenvalue weighted by Gasteiger charge is 2.15. The molecule has 0 spiro atoms. The molecule has 2 atom stereocenters. The molecule has 1 N–H and O–H groups in total. The Bertz CT molecular complexity index is 378. The van der Waals surface area contributed by atoms with E-state index in [9.17, 15) is 4.79 Å². The first-order valence-corrected chi connectivity index (χ1v) is 6.48. The van der Waals surface area contributed by atoms with Crippen molar-refractivity contribution in [3.8, 4) is 0 Å². The molecule has 2 nitrogen and oxygen atoms in total. The van der Waals surface area contributed by atoms with Crippen molar-refractivity contribution in [2.45, 2.75) is 39.7 Å². The van der Waals surface area contributed by atoms with E-state index in [1.165, 1.54) is 0 Å². The molecular formula is C14H20ClNO. The van der Waals surface area contributed by atoms with Gasteiger partial charge >= 0.3 is 0 Å². The van der Waals surface area contributed by atoms with E-state index in [0.717, 1.165) is 18.4 Å². The summed E-state index contributed by atoms with van der Waals surface area (Å²) in [4.78, 5) is 11.9. The third-order valence-corrected chi connectivity index (χ3v) is 3.11. The summed E-state index contributed by atoms with van der Waals surface area (Å²) >= 11 is 5.93.